The molecule has 1 heterocycles. The minimum atomic E-state index is -0.722. The number of amides is 1. The number of hydrogen-bond acceptors (Lipinski definition) is 3. The molecule has 92 valence electrons. The lowest BCUT2D eigenvalue weighted by molar-refractivity contribution is -0.138. The van der Waals surface area contributed by atoms with Crippen LogP contribution in [0.15, 0.2) is 0 Å². The monoisotopic (exact) mass is 226 g/mol. The van der Waals surface area contributed by atoms with Crippen LogP contribution in [0.1, 0.15) is 45.4 Å². The summed E-state index contributed by atoms with van der Waals surface area (Å²) in [4.78, 5) is 14.0. The Morgan fingerprint density at radius 1 is 1.25 bits per heavy atom. The molecule has 0 aromatic rings. The Morgan fingerprint density at radius 2 is 1.88 bits per heavy atom. The molecule has 16 heavy (non-hydrogen) atoms. The fourth-order valence-electron chi connectivity index (χ4n) is 2.83. The number of rotatable bonds is 1. The molecular formula is C12H22N2O2. The van der Waals surface area contributed by atoms with E-state index in [1.54, 1.807) is 11.8 Å². The molecule has 3 N–H and O–H groups in total. The Labute approximate surface area is 96.8 Å². The number of carbonyl (C=O) groups excluding carboxylic acids is 1. The van der Waals surface area contributed by atoms with Crippen molar-refractivity contribution in [2.75, 3.05) is 13.1 Å². The molecule has 0 aromatic heterocycles. The average molecular weight is 226 g/mol. The summed E-state index contributed by atoms with van der Waals surface area (Å²) in [5.74, 6) is 0.0463. The highest BCUT2D eigenvalue weighted by atomic mass is 16.3. The molecule has 0 spiro atoms. The van der Waals surface area contributed by atoms with Crippen LogP contribution in [0.4, 0.5) is 0 Å². The second-order valence-corrected chi connectivity index (χ2v) is 5.69. The molecule has 4 nitrogen and oxygen atoms in total. The molecule has 1 aliphatic carbocycles. The Balaban J connectivity index is 2.02. The maximum Gasteiger partial charge on any atom is 0.242 e. The largest absolute Gasteiger partial charge is 0.388 e. The molecule has 1 amide bonds. The van der Waals surface area contributed by atoms with E-state index < -0.39 is 11.1 Å². The van der Waals surface area contributed by atoms with Gasteiger partial charge in [-0.2, -0.15) is 0 Å². The first kappa shape index (κ1) is 11.9. The van der Waals surface area contributed by atoms with Gasteiger partial charge in [-0.15, -0.1) is 0 Å². The van der Waals surface area contributed by atoms with Crippen molar-refractivity contribution in [2.45, 2.75) is 56.6 Å². The average Bonchev–Trinajstić information content (AvgIpc) is 2.59. The molecule has 1 saturated heterocycles. The van der Waals surface area contributed by atoms with Crippen molar-refractivity contribution >= 4 is 5.91 Å². The summed E-state index contributed by atoms with van der Waals surface area (Å²) in [5, 5.41) is 9.86. The van der Waals surface area contributed by atoms with Crippen LogP contribution in [0.5, 0.6) is 0 Å². The zero-order valence-corrected chi connectivity index (χ0v) is 10.0. The third-order valence-corrected chi connectivity index (χ3v) is 3.91. The highest BCUT2D eigenvalue weighted by Crippen LogP contribution is 2.30. The second kappa shape index (κ2) is 4.00. The quantitative estimate of drug-likeness (QED) is 0.689. The molecule has 0 bridgehead atoms. The molecule has 1 saturated carbocycles. The summed E-state index contributed by atoms with van der Waals surface area (Å²) in [6.45, 7) is 2.86. The predicted molar refractivity (Wildman–Crippen MR) is 61.8 cm³/mol. The highest BCUT2D eigenvalue weighted by Gasteiger charge is 2.42. The first-order chi connectivity index (χ1) is 7.43. The van der Waals surface area contributed by atoms with Gasteiger partial charge in [0.2, 0.25) is 5.91 Å². The molecule has 4 heteroatoms. The van der Waals surface area contributed by atoms with Crippen LogP contribution in [0.25, 0.3) is 0 Å². The first-order valence-corrected chi connectivity index (χ1v) is 6.24. The molecule has 0 radical (unpaired) electrons. The van der Waals surface area contributed by atoms with Crippen LogP contribution in [0.3, 0.4) is 0 Å². The predicted octanol–water partition coefficient (Wildman–Crippen LogP) is 0.631. The van der Waals surface area contributed by atoms with Gasteiger partial charge in [-0.25, -0.2) is 0 Å². The molecular weight excluding hydrogens is 204 g/mol. The molecule has 2 aliphatic rings. The molecule has 1 atom stereocenters. The number of nitrogens with two attached hydrogens (primary N) is 1. The Hall–Kier alpha value is -0.610. The number of β-amino-alcohol motifs (C(OH)–C–C–N with tert-alkyl or cyclic N) is 1. The van der Waals surface area contributed by atoms with Crippen molar-refractivity contribution < 1.29 is 9.90 Å². The molecule has 0 aromatic carbocycles. The first-order valence-electron chi connectivity index (χ1n) is 6.24. The Bertz CT molecular complexity index is 283. The lowest BCUT2D eigenvalue weighted by Gasteiger charge is -2.35. The van der Waals surface area contributed by atoms with Gasteiger partial charge in [0.15, 0.2) is 0 Å². The highest BCUT2D eigenvalue weighted by molar-refractivity contribution is 5.86. The summed E-state index contributed by atoms with van der Waals surface area (Å²) in [7, 11) is 0. The van der Waals surface area contributed by atoms with Crippen molar-refractivity contribution in [1.82, 2.24) is 4.90 Å². The van der Waals surface area contributed by atoms with Gasteiger partial charge in [-0.05, 0) is 26.2 Å². The lowest BCUT2D eigenvalue weighted by atomic mass is 9.81. The van der Waals surface area contributed by atoms with Crippen molar-refractivity contribution in [1.29, 1.82) is 0 Å². The fraction of sp³-hybridized carbons (Fsp3) is 0.917. The van der Waals surface area contributed by atoms with Crippen molar-refractivity contribution in [3.8, 4) is 0 Å². The topological polar surface area (TPSA) is 66.6 Å². The van der Waals surface area contributed by atoms with Crippen LogP contribution >= 0.6 is 0 Å². The summed E-state index contributed by atoms with van der Waals surface area (Å²) in [5.41, 5.74) is 4.82. The minimum absolute atomic E-state index is 0.0463. The van der Waals surface area contributed by atoms with Crippen LogP contribution in [0, 0.1) is 0 Å². The van der Waals surface area contributed by atoms with Crippen molar-refractivity contribution in [3.05, 3.63) is 0 Å². The van der Waals surface area contributed by atoms with Crippen LogP contribution in [-0.2, 0) is 4.79 Å². The van der Waals surface area contributed by atoms with Crippen molar-refractivity contribution in [3.63, 3.8) is 0 Å². The van der Waals surface area contributed by atoms with Gasteiger partial charge >= 0.3 is 0 Å². The van der Waals surface area contributed by atoms with Gasteiger partial charge in [-0.1, -0.05) is 19.3 Å². The standard InChI is InChI=1S/C12H22N2O2/c1-11(16)7-8-14(9-11)10(15)12(13)5-3-2-4-6-12/h16H,2-9,13H2,1H3. The van der Waals surface area contributed by atoms with Gasteiger partial charge in [0, 0.05) is 13.1 Å². The smallest absolute Gasteiger partial charge is 0.242 e. The van der Waals surface area contributed by atoms with Gasteiger partial charge in [0.1, 0.15) is 0 Å². The Kier molecular flexibility index (Phi) is 2.97. The van der Waals surface area contributed by atoms with E-state index in [2.05, 4.69) is 0 Å². The number of aliphatic hydroxyl groups is 1. The minimum Gasteiger partial charge on any atom is -0.388 e. The summed E-state index contributed by atoms with van der Waals surface area (Å²) in [6.07, 6.45) is 5.53. The number of hydrogen-bond donors (Lipinski definition) is 2. The fourth-order valence-corrected chi connectivity index (χ4v) is 2.83. The number of carbonyl (C=O) groups is 1. The Morgan fingerprint density at radius 3 is 2.38 bits per heavy atom. The lowest BCUT2D eigenvalue weighted by Crippen LogP contribution is -2.56. The van der Waals surface area contributed by atoms with E-state index in [1.807, 2.05) is 0 Å². The van der Waals surface area contributed by atoms with Gasteiger partial charge in [0.05, 0.1) is 11.1 Å². The van der Waals surface area contributed by atoms with Crippen molar-refractivity contribution in [2.24, 2.45) is 5.73 Å². The molecule has 1 aliphatic heterocycles. The van der Waals surface area contributed by atoms with E-state index in [9.17, 15) is 9.90 Å². The van der Waals surface area contributed by atoms with E-state index in [0.717, 1.165) is 25.7 Å². The van der Waals surface area contributed by atoms with E-state index >= 15 is 0 Å². The van der Waals surface area contributed by atoms with Crippen LogP contribution < -0.4 is 5.73 Å². The molecule has 2 rings (SSSR count). The third-order valence-electron chi connectivity index (χ3n) is 3.91. The van der Waals surface area contributed by atoms with E-state index in [1.165, 1.54) is 6.42 Å². The molecule has 1 unspecified atom stereocenters. The van der Waals surface area contributed by atoms with Gasteiger partial charge in [0.25, 0.3) is 0 Å². The second-order valence-electron chi connectivity index (χ2n) is 5.69. The third kappa shape index (κ3) is 2.23. The van der Waals surface area contributed by atoms with E-state index in [0.29, 0.717) is 19.5 Å². The van der Waals surface area contributed by atoms with E-state index in [4.69, 9.17) is 5.73 Å². The van der Waals surface area contributed by atoms with Crippen LogP contribution in [-0.4, -0.2) is 40.1 Å². The summed E-state index contributed by atoms with van der Waals surface area (Å²) in [6, 6.07) is 0. The number of nitrogens with zero attached hydrogens (tertiary/aromatic N) is 1. The van der Waals surface area contributed by atoms with Gasteiger partial charge < -0.3 is 15.7 Å². The SMILES string of the molecule is CC1(O)CCN(C(=O)C2(N)CCCCC2)C1. The summed E-state index contributed by atoms with van der Waals surface area (Å²) >= 11 is 0. The number of likely N-dealkylation sites (tertiary alicyclic amines) is 1. The zero-order valence-electron chi connectivity index (χ0n) is 10.0. The van der Waals surface area contributed by atoms with Gasteiger partial charge in [-0.3, -0.25) is 4.79 Å². The van der Waals surface area contributed by atoms with E-state index in [-0.39, 0.29) is 5.91 Å². The maximum absolute atomic E-state index is 12.3. The summed E-state index contributed by atoms with van der Waals surface area (Å²) < 4.78 is 0. The zero-order chi connectivity index (χ0) is 11.8. The normalized spacial score (nSPS) is 34.1. The maximum atomic E-state index is 12.3. The van der Waals surface area contributed by atoms with Crippen LogP contribution in [0.2, 0.25) is 0 Å². The molecule has 2 fully saturated rings.